The Bertz CT molecular complexity index is 730. The number of halogens is 1. The molecule has 128 valence electrons. The fraction of sp³-hybridized carbons (Fsp3) is 0.312. The molecule has 8 heteroatoms. The predicted octanol–water partition coefficient (Wildman–Crippen LogP) is 3.56. The zero-order valence-corrected chi connectivity index (χ0v) is 14.3. The van der Waals surface area contributed by atoms with E-state index in [-0.39, 0.29) is 30.2 Å². The molecule has 1 heterocycles. The number of nitrogens with zero attached hydrogens (tertiary/aromatic N) is 2. The van der Waals surface area contributed by atoms with Gasteiger partial charge in [0.05, 0.1) is 13.7 Å². The molecule has 0 aliphatic carbocycles. The third-order valence-corrected chi connectivity index (χ3v) is 3.45. The Labute approximate surface area is 144 Å². The average Bonchev–Trinajstić information content (AvgIpc) is 3.00. The van der Waals surface area contributed by atoms with Gasteiger partial charge in [-0.1, -0.05) is 17.7 Å². The van der Waals surface area contributed by atoms with E-state index >= 15 is 0 Å². The molecule has 0 saturated heterocycles. The van der Waals surface area contributed by atoms with Crippen LogP contribution >= 0.6 is 11.6 Å². The molecule has 7 nitrogen and oxygen atoms in total. The molecular formula is C16H18ClN3O4. The fourth-order valence-corrected chi connectivity index (χ4v) is 2.17. The highest BCUT2D eigenvalue weighted by Crippen LogP contribution is 2.17. The van der Waals surface area contributed by atoms with Crippen LogP contribution in [0.1, 0.15) is 30.2 Å². The Morgan fingerprint density at radius 1 is 1.42 bits per heavy atom. The second-order valence-corrected chi connectivity index (χ2v) is 5.72. The number of carbonyl (C=O) groups is 2. The van der Waals surface area contributed by atoms with Crippen molar-refractivity contribution >= 4 is 29.3 Å². The van der Waals surface area contributed by atoms with Gasteiger partial charge in [-0.25, -0.2) is 14.6 Å². The third-order valence-electron chi connectivity index (χ3n) is 3.21. The van der Waals surface area contributed by atoms with Crippen molar-refractivity contribution in [1.82, 2.24) is 9.88 Å². The lowest BCUT2D eigenvalue weighted by Crippen LogP contribution is -2.39. The van der Waals surface area contributed by atoms with Gasteiger partial charge in [0.1, 0.15) is 6.26 Å². The van der Waals surface area contributed by atoms with Gasteiger partial charge in [0.2, 0.25) is 5.89 Å². The zero-order chi connectivity index (χ0) is 17.7. The standard InChI is InChI=1S/C16H18ClN3O4/c1-10(2)20(8-14-19-13(9-24-14)15(21)23-3)16(22)18-12-6-4-5-11(17)7-12/h4-7,9-10H,8H2,1-3H3,(H,18,22). The maximum atomic E-state index is 12.5. The van der Waals surface area contributed by atoms with E-state index in [2.05, 4.69) is 15.0 Å². The number of carbonyl (C=O) groups excluding carboxylic acids is 2. The lowest BCUT2D eigenvalue weighted by molar-refractivity contribution is 0.0594. The van der Waals surface area contributed by atoms with Crippen LogP contribution < -0.4 is 5.32 Å². The molecular weight excluding hydrogens is 334 g/mol. The number of nitrogens with one attached hydrogen (secondary N) is 1. The summed E-state index contributed by atoms with van der Waals surface area (Å²) in [7, 11) is 1.26. The van der Waals surface area contributed by atoms with Crippen LogP contribution in [0.3, 0.4) is 0 Å². The van der Waals surface area contributed by atoms with E-state index in [0.29, 0.717) is 10.7 Å². The number of hydrogen-bond acceptors (Lipinski definition) is 5. The number of esters is 1. The van der Waals surface area contributed by atoms with Gasteiger partial charge in [0, 0.05) is 16.8 Å². The lowest BCUT2D eigenvalue weighted by atomic mass is 10.3. The maximum Gasteiger partial charge on any atom is 0.360 e. The monoisotopic (exact) mass is 351 g/mol. The molecule has 2 amide bonds. The summed E-state index contributed by atoms with van der Waals surface area (Å²) in [6.07, 6.45) is 1.20. The second kappa shape index (κ2) is 7.83. The molecule has 0 bridgehead atoms. The van der Waals surface area contributed by atoms with E-state index in [1.807, 2.05) is 13.8 Å². The molecule has 1 N–H and O–H groups in total. The summed E-state index contributed by atoms with van der Waals surface area (Å²) in [6.45, 7) is 3.84. The first kappa shape index (κ1) is 17.8. The fourth-order valence-electron chi connectivity index (χ4n) is 1.98. The molecule has 0 fully saturated rings. The Kier molecular flexibility index (Phi) is 5.81. The summed E-state index contributed by atoms with van der Waals surface area (Å²) >= 11 is 5.91. The van der Waals surface area contributed by atoms with Gasteiger partial charge >= 0.3 is 12.0 Å². The van der Waals surface area contributed by atoms with E-state index in [1.165, 1.54) is 18.3 Å². The molecule has 0 radical (unpaired) electrons. The summed E-state index contributed by atoms with van der Waals surface area (Å²) in [5, 5.41) is 3.29. The van der Waals surface area contributed by atoms with Gasteiger partial charge in [0.25, 0.3) is 0 Å². The number of ether oxygens (including phenoxy) is 1. The molecule has 0 aliphatic rings. The van der Waals surface area contributed by atoms with Crippen LogP contribution in [0.4, 0.5) is 10.5 Å². The molecule has 0 saturated carbocycles. The van der Waals surface area contributed by atoms with Crippen LogP contribution in [0.5, 0.6) is 0 Å². The quantitative estimate of drug-likeness (QED) is 0.832. The summed E-state index contributed by atoms with van der Waals surface area (Å²) < 4.78 is 9.81. The number of methoxy groups -OCH3 is 1. The maximum absolute atomic E-state index is 12.5. The predicted molar refractivity (Wildman–Crippen MR) is 89.0 cm³/mol. The SMILES string of the molecule is COC(=O)c1coc(CN(C(=O)Nc2cccc(Cl)c2)C(C)C)n1. The third kappa shape index (κ3) is 4.48. The number of benzene rings is 1. The second-order valence-electron chi connectivity index (χ2n) is 5.28. The van der Waals surface area contributed by atoms with Crippen molar-refractivity contribution in [3.8, 4) is 0 Å². The first-order valence-corrected chi connectivity index (χ1v) is 7.64. The Morgan fingerprint density at radius 2 is 2.17 bits per heavy atom. The largest absolute Gasteiger partial charge is 0.464 e. The summed E-state index contributed by atoms with van der Waals surface area (Å²) in [4.78, 5) is 29.4. The number of anilines is 1. The molecule has 24 heavy (non-hydrogen) atoms. The Hall–Kier alpha value is -2.54. The van der Waals surface area contributed by atoms with Crippen molar-refractivity contribution < 1.29 is 18.7 Å². The molecule has 0 atom stereocenters. The smallest absolute Gasteiger partial charge is 0.360 e. The number of urea groups is 1. The minimum absolute atomic E-state index is 0.0615. The normalized spacial score (nSPS) is 10.5. The Balaban J connectivity index is 2.09. The first-order chi connectivity index (χ1) is 11.4. The van der Waals surface area contributed by atoms with Gasteiger partial charge in [0.15, 0.2) is 5.69 Å². The minimum Gasteiger partial charge on any atom is -0.464 e. The van der Waals surface area contributed by atoms with Crippen LogP contribution in [-0.2, 0) is 11.3 Å². The van der Waals surface area contributed by atoms with Crippen molar-refractivity contribution in [2.24, 2.45) is 0 Å². The molecule has 0 unspecified atom stereocenters. The van der Waals surface area contributed by atoms with Crippen molar-refractivity contribution in [3.63, 3.8) is 0 Å². The van der Waals surface area contributed by atoms with Gasteiger partial charge < -0.3 is 19.4 Å². The molecule has 0 spiro atoms. The molecule has 1 aromatic heterocycles. The first-order valence-electron chi connectivity index (χ1n) is 7.26. The van der Waals surface area contributed by atoms with Gasteiger partial charge in [-0.05, 0) is 32.0 Å². The van der Waals surface area contributed by atoms with Gasteiger partial charge in [-0.2, -0.15) is 0 Å². The van der Waals surface area contributed by atoms with Crippen LogP contribution in [0.15, 0.2) is 34.9 Å². The zero-order valence-electron chi connectivity index (χ0n) is 13.6. The van der Waals surface area contributed by atoms with Crippen LogP contribution in [0.25, 0.3) is 0 Å². The number of oxazole rings is 1. The lowest BCUT2D eigenvalue weighted by Gasteiger charge is -2.25. The Morgan fingerprint density at radius 3 is 2.79 bits per heavy atom. The van der Waals surface area contributed by atoms with Crippen LogP contribution in [0, 0.1) is 0 Å². The van der Waals surface area contributed by atoms with Gasteiger partial charge in [-0.3, -0.25) is 0 Å². The van der Waals surface area contributed by atoms with Crippen molar-refractivity contribution in [1.29, 1.82) is 0 Å². The topological polar surface area (TPSA) is 84.7 Å². The molecule has 2 aromatic rings. The highest BCUT2D eigenvalue weighted by molar-refractivity contribution is 6.30. The van der Waals surface area contributed by atoms with Crippen molar-refractivity contribution in [3.05, 3.63) is 47.1 Å². The number of hydrogen-bond donors (Lipinski definition) is 1. The molecule has 2 rings (SSSR count). The van der Waals surface area contributed by atoms with E-state index in [0.717, 1.165) is 0 Å². The summed E-state index contributed by atoms with van der Waals surface area (Å²) in [6, 6.07) is 6.41. The summed E-state index contributed by atoms with van der Waals surface area (Å²) in [5.41, 5.74) is 0.646. The van der Waals surface area contributed by atoms with Crippen LogP contribution in [-0.4, -0.2) is 35.0 Å². The number of amides is 2. The summed E-state index contributed by atoms with van der Waals surface area (Å²) in [5.74, 6) is -0.352. The van der Waals surface area contributed by atoms with Crippen LogP contribution in [0.2, 0.25) is 5.02 Å². The molecule has 1 aromatic carbocycles. The number of rotatable bonds is 5. The average molecular weight is 352 g/mol. The minimum atomic E-state index is -0.593. The van der Waals surface area contributed by atoms with Crippen molar-refractivity contribution in [2.45, 2.75) is 26.4 Å². The van der Waals surface area contributed by atoms with E-state index in [9.17, 15) is 9.59 Å². The number of aromatic nitrogens is 1. The van der Waals surface area contributed by atoms with E-state index in [1.54, 1.807) is 24.3 Å². The molecule has 0 aliphatic heterocycles. The van der Waals surface area contributed by atoms with E-state index in [4.69, 9.17) is 16.0 Å². The highest BCUT2D eigenvalue weighted by atomic mass is 35.5. The van der Waals surface area contributed by atoms with E-state index < -0.39 is 5.97 Å². The van der Waals surface area contributed by atoms with Gasteiger partial charge in [-0.15, -0.1) is 0 Å². The van der Waals surface area contributed by atoms with Crippen molar-refractivity contribution in [2.75, 3.05) is 12.4 Å². The highest BCUT2D eigenvalue weighted by Gasteiger charge is 2.21.